The molecule has 0 atom stereocenters. The van der Waals surface area contributed by atoms with Gasteiger partial charge in [-0.1, -0.05) is 6.07 Å². The van der Waals surface area contributed by atoms with Crippen molar-refractivity contribution in [2.75, 3.05) is 5.73 Å². The lowest BCUT2D eigenvalue weighted by Gasteiger charge is -1.90. The van der Waals surface area contributed by atoms with Crippen LogP contribution in [0, 0.1) is 0 Å². The number of hydrogen-bond acceptors (Lipinski definition) is 4. The molecule has 2 rings (SSSR count). The summed E-state index contributed by atoms with van der Waals surface area (Å²) in [6.45, 7) is 0. The van der Waals surface area contributed by atoms with E-state index in [1.807, 2.05) is 18.2 Å². The number of pyridine rings is 1. The van der Waals surface area contributed by atoms with Gasteiger partial charge in [0.25, 0.3) is 0 Å². The second-order valence-corrected chi connectivity index (χ2v) is 2.28. The molecule has 0 saturated carbocycles. The van der Waals surface area contributed by atoms with Crippen LogP contribution in [0.15, 0.2) is 35.0 Å². The predicted molar refractivity (Wildman–Crippen MR) is 44.1 cm³/mol. The fourth-order valence-corrected chi connectivity index (χ4v) is 0.894. The number of nitrogen functional groups attached to an aromatic ring is 1. The van der Waals surface area contributed by atoms with Crippen molar-refractivity contribution in [3.8, 4) is 11.6 Å². The van der Waals surface area contributed by atoms with Crippen LogP contribution < -0.4 is 5.73 Å². The Morgan fingerprint density at radius 3 is 2.75 bits per heavy atom. The third-order valence-corrected chi connectivity index (χ3v) is 1.41. The maximum atomic E-state index is 5.36. The van der Waals surface area contributed by atoms with Gasteiger partial charge in [0, 0.05) is 6.20 Å². The molecule has 0 saturated heterocycles. The summed E-state index contributed by atoms with van der Waals surface area (Å²) >= 11 is 0. The number of hydrogen-bond donors (Lipinski definition) is 1. The Morgan fingerprint density at radius 1 is 1.25 bits per heavy atom. The number of oxazole rings is 1. The molecule has 0 bridgehead atoms. The van der Waals surface area contributed by atoms with Crippen LogP contribution in [0.1, 0.15) is 0 Å². The molecule has 2 heterocycles. The Morgan fingerprint density at radius 2 is 2.17 bits per heavy atom. The maximum Gasteiger partial charge on any atom is 0.247 e. The lowest BCUT2D eigenvalue weighted by Crippen LogP contribution is -1.80. The van der Waals surface area contributed by atoms with Crippen molar-refractivity contribution >= 4 is 5.88 Å². The van der Waals surface area contributed by atoms with Crippen LogP contribution in [-0.2, 0) is 0 Å². The molecule has 60 valence electrons. The smallest absolute Gasteiger partial charge is 0.247 e. The van der Waals surface area contributed by atoms with Gasteiger partial charge in [-0.05, 0) is 12.1 Å². The molecule has 0 fully saturated rings. The number of anilines is 1. The minimum Gasteiger partial charge on any atom is -0.419 e. The summed E-state index contributed by atoms with van der Waals surface area (Å²) in [7, 11) is 0. The highest BCUT2D eigenvalue weighted by Gasteiger charge is 2.03. The van der Waals surface area contributed by atoms with Crippen molar-refractivity contribution in [3.05, 3.63) is 30.6 Å². The van der Waals surface area contributed by atoms with E-state index in [1.54, 1.807) is 6.20 Å². The molecule has 0 unspecified atom stereocenters. The molecular weight excluding hydrogens is 154 g/mol. The van der Waals surface area contributed by atoms with Crippen LogP contribution in [0.4, 0.5) is 5.88 Å². The van der Waals surface area contributed by atoms with E-state index in [1.165, 1.54) is 6.20 Å². The maximum absolute atomic E-state index is 5.36. The van der Waals surface area contributed by atoms with Gasteiger partial charge in [0.2, 0.25) is 11.8 Å². The van der Waals surface area contributed by atoms with Crippen molar-refractivity contribution in [1.82, 2.24) is 9.97 Å². The molecule has 2 aromatic rings. The summed E-state index contributed by atoms with van der Waals surface area (Å²) in [6.07, 6.45) is 3.14. The molecule has 0 radical (unpaired) electrons. The van der Waals surface area contributed by atoms with Gasteiger partial charge >= 0.3 is 0 Å². The zero-order valence-electron chi connectivity index (χ0n) is 6.27. The Labute approximate surface area is 69.1 Å². The van der Waals surface area contributed by atoms with Crippen molar-refractivity contribution in [2.45, 2.75) is 0 Å². The van der Waals surface area contributed by atoms with Crippen LogP contribution >= 0.6 is 0 Å². The highest BCUT2D eigenvalue weighted by Crippen LogP contribution is 2.16. The van der Waals surface area contributed by atoms with Crippen molar-refractivity contribution in [2.24, 2.45) is 0 Å². The molecule has 0 aliphatic heterocycles. The first-order chi connectivity index (χ1) is 5.86. The van der Waals surface area contributed by atoms with E-state index in [2.05, 4.69) is 9.97 Å². The SMILES string of the molecule is Nc1cnc(-c2ccccn2)o1. The summed E-state index contributed by atoms with van der Waals surface area (Å²) in [5, 5.41) is 0. The van der Waals surface area contributed by atoms with Gasteiger partial charge in [0.15, 0.2) is 0 Å². The monoisotopic (exact) mass is 161 g/mol. The van der Waals surface area contributed by atoms with Crippen LogP contribution in [0.2, 0.25) is 0 Å². The third kappa shape index (κ3) is 1.14. The number of rotatable bonds is 1. The van der Waals surface area contributed by atoms with Gasteiger partial charge < -0.3 is 10.2 Å². The highest BCUT2D eigenvalue weighted by atomic mass is 16.4. The normalized spacial score (nSPS) is 10.0. The molecule has 12 heavy (non-hydrogen) atoms. The van der Waals surface area contributed by atoms with Crippen LogP contribution in [0.3, 0.4) is 0 Å². The summed E-state index contributed by atoms with van der Waals surface area (Å²) in [4.78, 5) is 7.98. The van der Waals surface area contributed by atoms with Gasteiger partial charge in [-0.25, -0.2) is 4.98 Å². The predicted octanol–water partition coefficient (Wildman–Crippen LogP) is 1.32. The third-order valence-electron chi connectivity index (χ3n) is 1.41. The highest BCUT2D eigenvalue weighted by molar-refractivity contribution is 5.47. The quantitative estimate of drug-likeness (QED) is 0.685. The summed E-state index contributed by atoms with van der Waals surface area (Å²) in [6, 6.07) is 5.50. The number of aromatic nitrogens is 2. The summed E-state index contributed by atoms with van der Waals surface area (Å²) in [5.41, 5.74) is 6.05. The van der Waals surface area contributed by atoms with Crippen LogP contribution in [-0.4, -0.2) is 9.97 Å². The molecule has 2 aromatic heterocycles. The van der Waals surface area contributed by atoms with Crippen LogP contribution in [0.5, 0.6) is 0 Å². The van der Waals surface area contributed by atoms with Gasteiger partial charge in [0.05, 0.1) is 6.20 Å². The van der Waals surface area contributed by atoms with E-state index in [4.69, 9.17) is 10.2 Å². The van der Waals surface area contributed by atoms with Crippen molar-refractivity contribution in [3.63, 3.8) is 0 Å². The Bertz CT molecular complexity index is 369. The first-order valence-electron chi connectivity index (χ1n) is 3.49. The molecule has 2 N–H and O–H groups in total. The Kier molecular flexibility index (Phi) is 1.51. The zero-order valence-corrected chi connectivity index (χ0v) is 6.27. The van der Waals surface area contributed by atoms with Gasteiger partial charge in [-0.2, -0.15) is 0 Å². The van der Waals surface area contributed by atoms with E-state index in [9.17, 15) is 0 Å². The van der Waals surface area contributed by atoms with E-state index in [-0.39, 0.29) is 0 Å². The first-order valence-corrected chi connectivity index (χ1v) is 3.49. The molecular formula is C8H7N3O. The number of nitrogens with two attached hydrogens (primary N) is 1. The Balaban J connectivity index is 2.45. The molecule has 0 aromatic carbocycles. The lowest BCUT2D eigenvalue weighted by atomic mass is 10.3. The molecule has 0 amide bonds. The van der Waals surface area contributed by atoms with Crippen molar-refractivity contribution < 1.29 is 4.42 Å². The van der Waals surface area contributed by atoms with Gasteiger partial charge in [-0.3, -0.25) is 4.98 Å². The Hall–Kier alpha value is -1.84. The zero-order chi connectivity index (χ0) is 8.39. The second kappa shape index (κ2) is 2.65. The van der Waals surface area contributed by atoms with E-state index in [0.29, 0.717) is 17.5 Å². The fourth-order valence-electron chi connectivity index (χ4n) is 0.894. The molecule has 4 heteroatoms. The van der Waals surface area contributed by atoms with Gasteiger partial charge in [0.1, 0.15) is 5.69 Å². The lowest BCUT2D eigenvalue weighted by molar-refractivity contribution is 0.591. The minimum absolute atomic E-state index is 0.302. The van der Waals surface area contributed by atoms with E-state index >= 15 is 0 Å². The standard InChI is InChI=1S/C8H7N3O/c9-7-5-11-8(12-7)6-3-1-2-4-10-6/h1-5H,9H2. The fraction of sp³-hybridized carbons (Fsp3) is 0. The topological polar surface area (TPSA) is 64.9 Å². The average Bonchev–Trinajstić information content (AvgIpc) is 2.54. The summed E-state index contributed by atoms with van der Waals surface area (Å²) in [5.74, 6) is 0.753. The van der Waals surface area contributed by atoms with Crippen LogP contribution in [0.25, 0.3) is 11.6 Å². The van der Waals surface area contributed by atoms with E-state index in [0.717, 1.165) is 0 Å². The first kappa shape index (κ1) is 6.84. The molecule has 0 aliphatic rings. The molecule has 0 aliphatic carbocycles. The van der Waals surface area contributed by atoms with Crippen molar-refractivity contribution in [1.29, 1.82) is 0 Å². The largest absolute Gasteiger partial charge is 0.419 e. The average molecular weight is 161 g/mol. The second-order valence-electron chi connectivity index (χ2n) is 2.28. The van der Waals surface area contributed by atoms with Gasteiger partial charge in [-0.15, -0.1) is 0 Å². The minimum atomic E-state index is 0.302. The molecule has 0 spiro atoms. The number of nitrogens with zero attached hydrogens (tertiary/aromatic N) is 2. The summed E-state index contributed by atoms with van der Waals surface area (Å²) < 4.78 is 5.07. The van der Waals surface area contributed by atoms with E-state index < -0.39 is 0 Å². The molecule has 4 nitrogen and oxygen atoms in total.